The summed E-state index contributed by atoms with van der Waals surface area (Å²) in [7, 11) is 0. The molecule has 2 aliphatic carbocycles. The summed E-state index contributed by atoms with van der Waals surface area (Å²) < 4.78 is 0. The molecule has 0 aliphatic heterocycles. The minimum absolute atomic E-state index is 0. The number of nitrogens with one attached hydrogen (secondary N) is 1. The van der Waals surface area contributed by atoms with Gasteiger partial charge in [0.2, 0.25) is 5.91 Å². The van der Waals surface area contributed by atoms with Crippen molar-refractivity contribution in [2.24, 2.45) is 17.6 Å². The molecule has 5 heteroatoms. The zero-order valence-corrected chi connectivity index (χ0v) is 15.3. The number of amides is 1. The fourth-order valence-corrected chi connectivity index (χ4v) is 4.95. The van der Waals surface area contributed by atoms with Crippen LogP contribution < -0.4 is 11.1 Å². The quantitative estimate of drug-likeness (QED) is 0.813. The Bertz CT molecular complexity index is 526. The van der Waals surface area contributed by atoms with Crippen LogP contribution in [0, 0.1) is 18.8 Å². The number of nitrogens with two attached hydrogens (primary N) is 1. The second kappa shape index (κ2) is 8.41. The van der Waals surface area contributed by atoms with Crippen LogP contribution in [0.1, 0.15) is 37.7 Å². The molecule has 0 saturated heterocycles. The van der Waals surface area contributed by atoms with Crippen molar-refractivity contribution in [3.05, 3.63) is 29.8 Å². The van der Waals surface area contributed by atoms with E-state index in [2.05, 4.69) is 24.4 Å². The van der Waals surface area contributed by atoms with Crippen LogP contribution in [-0.4, -0.2) is 23.7 Å². The monoisotopic (exact) mass is 354 g/mol. The number of carbonyl (C=O) groups excluding carboxylic acids is 1. The molecule has 0 heterocycles. The molecule has 2 saturated carbocycles. The van der Waals surface area contributed by atoms with Crippen LogP contribution in [-0.2, 0) is 4.79 Å². The van der Waals surface area contributed by atoms with Crippen molar-refractivity contribution in [3.63, 3.8) is 0 Å². The first kappa shape index (κ1) is 18.6. The highest BCUT2D eigenvalue weighted by Crippen LogP contribution is 2.39. The Hall–Kier alpha value is -0.710. The first-order chi connectivity index (χ1) is 10.6. The maximum atomic E-state index is 12.3. The summed E-state index contributed by atoms with van der Waals surface area (Å²) in [6.07, 6.45) is 5.89. The molecule has 1 aromatic carbocycles. The second-order valence-electron chi connectivity index (χ2n) is 6.83. The van der Waals surface area contributed by atoms with Crippen LogP contribution in [0.4, 0.5) is 0 Å². The fourth-order valence-electron chi connectivity index (χ4n) is 4.11. The molecular formula is C18H27ClN2OS. The first-order valence-corrected chi connectivity index (χ1v) is 9.35. The fraction of sp³-hybridized carbons (Fsp3) is 0.611. The number of hydrogen-bond acceptors (Lipinski definition) is 3. The number of carbonyl (C=O) groups is 1. The van der Waals surface area contributed by atoms with Crippen molar-refractivity contribution in [1.82, 2.24) is 5.32 Å². The predicted molar refractivity (Wildman–Crippen MR) is 99.1 cm³/mol. The van der Waals surface area contributed by atoms with E-state index in [4.69, 9.17) is 5.73 Å². The van der Waals surface area contributed by atoms with E-state index in [9.17, 15) is 4.79 Å². The predicted octanol–water partition coefficient (Wildman–Crippen LogP) is 3.53. The van der Waals surface area contributed by atoms with Gasteiger partial charge in [-0.25, -0.2) is 0 Å². The molecule has 0 radical (unpaired) electrons. The number of benzene rings is 1. The van der Waals surface area contributed by atoms with Gasteiger partial charge in [0, 0.05) is 17.0 Å². The van der Waals surface area contributed by atoms with Crippen LogP contribution in [0.3, 0.4) is 0 Å². The highest BCUT2D eigenvalue weighted by Gasteiger charge is 2.39. The van der Waals surface area contributed by atoms with E-state index in [0.717, 1.165) is 12.8 Å². The molecule has 128 valence electrons. The van der Waals surface area contributed by atoms with E-state index >= 15 is 0 Å². The van der Waals surface area contributed by atoms with E-state index < -0.39 is 0 Å². The van der Waals surface area contributed by atoms with Gasteiger partial charge in [-0.1, -0.05) is 24.6 Å². The Morgan fingerprint density at radius 3 is 2.57 bits per heavy atom. The summed E-state index contributed by atoms with van der Waals surface area (Å²) in [4.78, 5) is 13.5. The van der Waals surface area contributed by atoms with Gasteiger partial charge in [-0.3, -0.25) is 4.79 Å². The lowest BCUT2D eigenvalue weighted by molar-refractivity contribution is -0.120. The van der Waals surface area contributed by atoms with Crippen molar-refractivity contribution in [2.45, 2.75) is 56.0 Å². The number of halogens is 1. The molecule has 3 nitrogen and oxygen atoms in total. The standard InChI is InChI=1S/C18H26N2OS.ClH/c1-12-5-2-3-8-16(12)22-11-17(21)20-18-13-6-4-7-14(18)10-15(19)9-13;/h2-3,5,8,13-15,18H,4,6-7,9-11,19H2,1H3,(H,20,21);1H. The lowest BCUT2D eigenvalue weighted by Gasteiger charge is -2.45. The third kappa shape index (κ3) is 4.65. The Morgan fingerprint density at radius 2 is 1.91 bits per heavy atom. The van der Waals surface area contributed by atoms with Crippen molar-refractivity contribution >= 4 is 30.1 Å². The number of aryl methyl sites for hydroxylation is 1. The summed E-state index contributed by atoms with van der Waals surface area (Å²) >= 11 is 1.64. The van der Waals surface area contributed by atoms with E-state index in [-0.39, 0.29) is 18.3 Å². The first-order valence-electron chi connectivity index (χ1n) is 8.37. The summed E-state index contributed by atoms with van der Waals surface area (Å²) in [5, 5.41) is 3.32. The summed E-state index contributed by atoms with van der Waals surface area (Å²) in [6.45, 7) is 2.09. The smallest absolute Gasteiger partial charge is 0.230 e. The topological polar surface area (TPSA) is 55.1 Å². The lowest BCUT2D eigenvalue weighted by atomic mass is 9.67. The van der Waals surface area contributed by atoms with Gasteiger partial charge in [0.05, 0.1) is 5.75 Å². The number of fused-ring (bicyclic) bond motifs is 2. The maximum absolute atomic E-state index is 12.3. The summed E-state index contributed by atoms with van der Waals surface area (Å²) in [5.41, 5.74) is 7.39. The molecule has 1 amide bonds. The molecule has 2 aliphatic rings. The largest absolute Gasteiger partial charge is 0.352 e. The van der Waals surface area contributed by atoms with Crippen LogP contribution in [0.25, 0.3) is 0 Å². The third-order valence-electron chi connectivity index (χ3n) is 5.16. The van der Waals surface area contributed by atoms with Crippen molar-refractivity contribution in [2.75, 3.05) is 5.75 Å². The number of rotatable bonds is 4. The van der Waals surface area contributed by atoms with Crippen LogP contribution >= 0.6 is 24.2 Å². The van der Waals surface area contributed by atoms with E-state index in [1.165, 1.54) is 29.7 Å². The van der Waals surface area contributed by atoms with Crippen molar-refractivity contribution < 1.29 is 4.79 Å². The average molecular weight is 355 g/mol. The minimum atomic E-state index is 0. The van der Waals surface area contributed by atoms with Gasteiger partial charge in [0.1, 0.15) is 0 Å². The number of hydrogen-bond donors (Lipinski definition) is 2. The Morgan fingerprint density at radius 1 is 1.26 bits per heavy atom. The van der Waals surface area contributed by atoms with Gasteiger partial charge in [-0.15, -0.1) is 24.2 Å². The zero-order chi connectivity index (χ0) is 15.5. The molecule has 0 spiro atoms. The van der Waals surface area contributed by atoms with Gasteiger partial charge in [-0.2, -0.15) is 0 Å². The normalized spacial score (nSPS) is 29.5. The molecular weight excluding hydrogens is 328 g/mol. The molecule has 1 aromatic rings. The van der Waals surface area contributed by atoms with Crippen LogP contribution in [0.5, 0.6) is 0 Å². The minimum Gasteiger partial charge on any atom is -0.352 e. The molecule has 2 fully saturated rings. The average Bonchev–Trinajstić information content (AvgIpc) is 2.47. The maximum Gasteiger partial charge on any atom is 0.230 e. The molecule has 2 atom stereocenters. The molecule has 2 unspecified atom stereocenters. The lowest BCUT2D eigenvalue weighted by Crippen LogP contribution is -2.54. The Kier molecular flexibility index (Phi) is 6.81. The van der Waals surface area contributed by atoms with Crippen LogP contribution in [0.15, 0.2) is 29.2 Å². The number of thioether (sulfide) groups is 1. The summed E-state index contributed by atoms with van der Waals surface area (Å²) in [6, 6.07) is 8.93. The van der Waals surface area contributed by atoms with E-state index in [1.54, 1.807) is 11.8 Å². The SMILES string of the molecule is Cc1ccccc1SCC(=O)NC1C2CCCC1CC(N)C2.Cl. The molecule has 0 aromatic heterocycles. The van der Waals surface area contributed by atoms with Crippen molar-refractivity contribution in [1.29, 1.82) is 0 Å². The van der Waals surface area contributed by atoms with Gasteiger partial charge in [-0.05, 0) is 56.1 Å². The van der Waals surface area contributed by atoms with Gasteiger partial charge in [0.25, 0.3) is 0 Å². The second-order valence-corrected chi connectivity index (χ2v) is 7.85. The van der Waals surface area contributed by atoms with Crippen LogP contribution in [0.2, 0.25) is 0 Å². The van der Waals surface area contributed by atoms with Gasteiger partial charge in [0.15, 0.2) is 0 Å². The van der Waals surface area contributed by atoms with Gasteiger partial charge >= 0.3 is 0 Å². The highest BCUT2D eigenvalue weighted by molar-refractivity contribution is 8.00. The Labute approximate surface area is 149 Å². The van der Waals surface area contributed by atoms with E-state index in [0.29, 0.717) is 29.7 Å². The Balaban J connectivity index is 0.00000192. The van der Waals surface area contributed by atoms with Crippen molar-refractivity contribution in [3.8, 4) is 0 Å². The summed E-state index contributed by atoms with van der Waals surface area (Å²) in [5.74, 6) is 1.86. The zero-order valence-electron chi connectivity index (χ0n) is 13.7. The molecule has 3 N–H and O–H groups in total. The molecule has 23 heavy (non-hydrogen) atoms. The molecule has 2 bridgehead atoms. The van der Waals surface area contributed by atoms with Gasteiger partial charge < -0.3 is 11.1 Å². The highest BCUT2D eigenvalue weighted by atomic mass is 35.5. The van der Waals surface area contributed by atoms with E-state index in [1.807, 2.05) is 12.1 Å². The molecule has 3 rings (SSSR count). The third-order valence-corrected chi connectivity index (χ3v) is 6.33.